The topological polar surface area (TPSA) is 98.0 Å². The maximum Gasteiger partial charge on any atom is 0.336 e. The number of carboxylic acid groups (broad SMARTS) is 1. The third-order valence-corrected chi connectivity index (χ3v) is 2.31. The van der Waals surface area contributed by atoms with Gasteiger partial charge in [-0.15, -0.1) is 0 Å². The fourth-order valence-electron chi connectivity index (χ4n) is 1.43. The van der Waals surface area contributed by atoms with Crippen LogP contribution in [0, 0.1) is 6.92 Å². The lowest BCUT2D eigenvalue weighted by molar-refractivity contribution is -0.0158. The van der Waals surface area contributed by atoms with Crippen LogP contribution in [0.2, 0.25) is 0 Å². The first kappa shape index (κ1) is 12.6. The SMILES string of the molecule is Cc1ccc(C(=O)O)c(C(O)C(O)CO)c1. The molecule has 1 rings (SSSR count). The quantitative estimate of drug-likeness (QED) is 0.583. The number of aliphatic hydroxyl groups is 3. The minimum Gasteiger partial charge on any atom is -0.478 e. The third-order valence-electron chi connectivity index (χ3n) is 2.31. The Kier molecular flexibility index (Phi) is 4.00. The summed E-state index contributed by atoms with van der Waals surface area (Å²) in [6.45, 7) is 1.11. The molecule has 2 unspecified atom stereocenters. The predicted octanol–water partition coefficient (Wildman–Crippen LogP) is 0.0798. The molecule has 0 aliphatic heterocycles. The van der Waals surface area contributed by atoms with E-state index < -0.39 is 24.8 Å². The molecule has 0 heterocycles. The second-order valence-electron chi connectivity index (χ2n) is 3.59. The van der Waals surface area contributed by atoms with E-state index in [4.69, 9.17) is 10.2 Å². The van der Waals surface area contributed by atoms with E-state index in [1.165, 1.54) is 12.1 Å². The van der Waals surface area contributed by atoms with Crippen LogP contribution in [-0.2, 0) is 0 Å². The zero-order chi connectivity index (χ0) is 12.3. The number of carboxylic acids is 1. The first-order valence-corrected chi connectivity index (χ1v) is 4.78. The second-order valence-corrected chi connectivity index (χ2v) is 3.59. The summed E-state index contributed by atoms with van der Waals surface area (Å²) < 4.78 is 0. The minimum atomic E-state index is -1.41. The molecule has 1 aromatic carbocycles. The van der Waals surface area contributed by atoms with Crippen LogP contribution in [0.15, 0.2) is 18.2 Å². The molecule has 5 nitrogen and oxygen atoms in total. The second kappa shape index (κ2) is 5.07. The summed E-state index contributed by atoms with van der Waals surface area (Å²) in [5.41, 5.74) is 0.795. The molecule has 0 radical (unpaired) electrons. The molecule has 0 bridgehead atoms. The Morgan fingerprint density at radius 3 is 2.50 bits per heavy atom. The number of hydrogen-bond acceptors (Lipinski definition) is 4. The minimum absolute atomic E-state index is 0.0781. The van der Waals surface area contributed by atoms with Gasteiger partial charge in [-0.2, -0.15) is 0 Å². The van der Waals surface area contributed by atoms with Crippen LogP contribution in [0.3, 0.4) is 0 Å². The number of aliphatic hydroxyl groups excluding tert-OH is 3. The molecule has 5 heteroatoms. The molecule has 0 amide bonds. The normalized spacial score (nSPS) is 14.5. The first-order chi connectivity index (χ1) is 7.47. The van der Waals surface area contributed by atoms with E-state index in [1.807, 2.05) is 0 Å². The van der Waals surface area contributed by atoms with Gasteiger partial charge in [0.2, 0.25) is 0 Å². The standard InChI is InChI=1S/C11H14O5/c1-6-2-3-7(11(15)16)8(4-6)10(14)9(13)5-12/h2-4,9-10,12-14H,5H2,1H3,(H,15,16). The lowest BCUT2D eigenvalue weighted by Crippen LogP contribution is -2.24. The summed E-state index contributed by atoms with van der Waals surface area (Å²) in [7, 11) is 0. The van der Waals surface area contributed by atoms with Gasteiger partial charge in [0, 0.05) is 0 Å². The van der Waals surface area contributed by atoms with Crippen molar-refractivity contribution < 1.29 is 25.2 Å². The lowest BCUT2D eigenvalue weighted by atomic mass is 9.97. The Bertz CT molecular complexity index is 388. The van der Waals surface area contributed by atoms with Crippen LogP contribution >= 0.6 is 0 Å². The van der Waals surface area contributed by atoms with Gasteiger partial charge in [-0.05, 0) is 18.6 Å². The third kappa shape index (κ3) is 2.57. The number of benzene rings is 1. The predicted molar refractivity (Wildman–Crippen MR) is 56.2 cm³/mol. The van der Waals surface area contributed by atoms with Crippen molar-refractivity contribution in [2.24, 2.45) is 0 Å². The molecule has 0 saturated heterocycles. The summed E-state index contributed by atoms with van der Waals surface area (Å²) >= 11 is 0. The monoisotopic (exact) mass is 226 g/mol. The van der Waals surface area contributed by atoms with Crippen LogP contribution in [0.25, 0.3) is 0 Å². The van der Waals surface area contributed by atoms with Gasteiger partial charge in [0.1, 0.15) is 12.2 Å². The van der Waals surface area contributed by atoms with Gasteiger partial charge in [-0.3, -0.25) is 0 Å². The van der Waals surface area contributed by atoms with Crippen molar-refractivity contribution in [3.8, 4) is 0 Å². The van der Waals surface area contributed by atoms with Crippen molar-refractivity contribution in [2.75, 3.05) is 6.61 Å². The van der Waals surface area contributed by atoms with Crippen molar-refractivity contribution in [1.29, 1.82) is 0 Å². The van der Waals surface area contributed by atoms with E-state index in [1.54, 1.807) is 13.0 Å². The van der Waals surface area contributed by atoms with Crippen LogP contribution in [0.4, 0.5) is 0 Å². The van der Waals surface area contributed by atoms with Crippen molar-refractivity contribution in [2.45, 2.75) is 19.1 Å². The maximum absolute atomic E-state index is 10.9. The molecule has 88 valence electrons. The summed E-state index contributed by atoms with van der Waals surface area (Å²) in [5.74, 6) is -1.18. The van der Waals surface area contributed by atoms with E-state index >= 15 is 0 Å². The Morgan fingerprint density at radius 2 is 2.00 bits per heavy atom. The lowest BCUT2D eigenvalue weighted by Gasteiger charge is -2.18. The zero-order valence-corrected chi connectivity index (χ0v) is 8.79. The van der Waals surface area contributed by atoms with Crippen molar-refractivity contribution >= 4 is 5.97 Å². The van der Waals surface area contributed by atoms with Crippen LogP contribution in [-0.4, -0.2) is 39.1 Å². The van der Waals surface area contributed by atoms with Gasteiger partial charge >= 0.3 is 5.97 Å². The van der Waals surface area contributed by atoms with Crippen LogP contribution in [0.5, 0.6) is 0 Å². The van der Waals surface area contributed by atoms with E-state index in [-0.39, 0.29) is 11.1 Å². The molecule has 0 fully saturated rings. The summed E-state index contributed by atoms with van der Waals surface area (Å²) in [6, 6.07) is 4.44. The van der Waals surface area contributed by atoms with E-state index in [0.29, 0.717) is 0 Å². The van der Waals surface area contributed by atoms with E-state index in [2.05, 4.69) is 0 Å². The van der Waals surface area contributed by atoms with Crippen LogP contribution < -0.4 is 0 Å². The van der Waals surface area contributed by atoms with Gasteiger partial charge in [0.25, 0.3) is 0 Å². The van der Waals surface area contributed by atoms with E-state index in [0.717, 1.165) is 5.56 Å². The van der Waals surface area contributed by atoms with Crippen molar-refractivity contribution in [3.63, 3.8) is 0 Å². The Labute approximate surface area is 92.6 Å². The highest BCUT2D eigenvalue weighted by Gasteiger charge is 2.23. The largest absolute Gasteiger partial charge is 0.478 e. The Balaban J connectivity index is 3.19. The number of hydrogen-bond donors (Lipinski definition) is 4. The van der Waals surface area contributed by atoms with Gasteiger partial charge in [-0.1, -0.05) is 17.7 Å². The summed E-state index contributed by atoms with van der Waals surface area (Å²) in [5, 5.41) is 36.6. The Morgan fingerprint density at radius 1 is 1.38 bits per heavy atom. The van der Waals surface area contributed by atoms with Gasteiger partial charge in [-0.25, -0.2) is 4.79 Å². The molecule has 16 heavy (non-hydrogen) atoms. The molecule has 2 atom stereocenters. The highest BCUT2D eigenvalue weighted by atomic mass is 16.4. The van der Waals surface area contributed by atoms with Crippen molar-refractivity contribution in [1.82, 2.24) is 0 Å². The molecule has 0 spiro atoms. The van der Waals surface area contributed by atoms with Gasteiger partial charge < -0.3 is 20.4 Å². The van der Waals surface area contributed by atoms with E-state index in [9.17, 15) is 15.0 Å². The number of rotatable bonds is 4. The highest BCUT2D eigenvalue weighted by Crippen LogP contribution is 2.22. The average Bonchev–Trinajstić information content (AvgIpc) is 2.26. The highest BCUT2D eigenvalue weighted by molar-refractivity contribution is 5.89. The molecular formula is C11H14O5. The summed E-state index contributed by atoms with van der Waals surface area (Å²) in [4.78, 5) is 10.9. The number of aryl methyl sites for hydroxylation is 1. The fraction of sp³-hybridized carbons (Fsp3) is 0.364. The molecule has 0 aliphatic carbocycles. The molecular weight excluding hydrogens is 212 g/mol. The average molecular weight is 226 g/mol. The van der Waals surface area contributed by atoms with Gasteiger partial charge in [0.15, 0.2) is 0 Å². The smallest absolute Gasteiger partial charge is 0.336 e. The molecule has 0 aliphatic rings. The fourth-order valence-corrected chi connectivity index (χ4v) is 1.43. The summed E-state index contributed by atoms with van der Waals surface area (Å²) in [6.07, 6.45) is -2.80. The molecule has 0 saturated carbocycles. The van der Waals surface area contributed by atoms with Crippen molar-refractivity contribution in [3.05, 3.63) is 34.9 Å². The number of aromatic carboxylic acids is 1. The van der Waals surface area contributed by atoms with Gasteiger partial charge in [0.05, 0.1) is 12.2 Å². The zero-order valence-electron chi connectivity index (χ0n) is 8.79. The van der Waals surface area contributed by atoms with Crippen LogP contribution in [0.1, 0.15) is 27.6 Å². The molecule has 1 aromatic rings. The first-order valence-electron chi connectivity index (χ1n) is 4.78. The number of carbonyl (C=O) groups is 1. The molecule has 4 N–H and O–H groups in total. The Hall–Kier alpha value is -1.43. The maximum atomic E-state index is 10.9. The molecule has 0 aromatic heterocycles.